The highest BCUT2D eigenvalue weighted by Gasteiger charge is 2.31. The van der Waals surface area contributed by atoms with Crippen LogP contribution in [-0.4, -0.2) is 21.5 Å². The number of benzene rings is 3. The number of aliphatic hydroxyl groups is 1. The summed E-state index contributed by atoms with van der Waals surface area (Å²) in [6, 6.07) is 21.5. The molecule has 1 aromatic heterocycles. The fraction of sp³-hybridized carbons (Fsp3) is 0.167. The topological polar surface area (TPSA) is 82.2 Å². The van der Waals surface area contributed by atoms with Crippen LogP contribution in [0.4, 0.5) is 0 Å². The number of fused-ring (bicyclic) bond motifs is 2. The number of aromatic nitrogens is 1. The lowest BCUT2D eigenvalue weighted by molar-refractivity contribution is 0.0635. The average molecular weight is 386 g/mol. The van der Waals surface area contributed by atoms with Gasteiger partial charge in [-0.1, -0.05) is 42.5 Å². The van der Waals surface area contributed by atoms with Crippen molar-refractivity contribution in [2.24, 2.45) is 0 Å². The molecule has 1 heterocycles. The highest BCUT2D eigenvalue weighted by atomic mass is 16.3. The molecular formula is C24H22N2O3. The normalized spacial score (nSPS) is 12.8. The molecule has 3 aromatic carbocycles. The molecule has 1 unspecified atom stereocenters. The lowest BCUT2D eigenvalue weighted by Gasteiger charge is -2.32. The van der Waals surface area contributed by atoms with Crippen LogP contribution in [0, 0.1) is 0 Å². The summed E-state index contributed by atoms with van der Waals surface area (Å²) in [4.78, 5) is 28.8. The molecular weight excluding hydrogens is 364 g/mol. The predicted molar refractivity (Wildman–Crippen MR) is 115 cm³/mol. The second-order valence-corrected chi connectivity index (χ2v) is 7.75. The van der Waals surface area contributed by atoms with Crippen LogP contribution in [-0.2, 0) is 0 Å². The first-order valence-corrected chi connectivity index (χ1v) is 9.47. The SMILES string of the molecule is CC(C)(NC(=O)c1ccc2c(=O)c3ccccc3[nH]c2c1)C(O)c1ccccc1. The van der Waals surface area contributed by atoms with E-state index in [9.17, 15) is 14.7 Å². The Morgan fingerprint density at radius 2 is 1.59 bits per heavy atom. The summed E-state index contributed by atoms with van der Waals surface area (Å²) in [6.07, 6.45) is -0.864. The Kier molecular flexibility index (Phi) is 4.68. The van der Waals surface area contributed by atoms with Crippen LogP contribution in [0.3, 0.4) is 0 Å². The number of nitrogens with one attached hydrogen (secondary N) is 2. The molecule has 5 heteroatoms. The van der Waals surface area contributed by atoms with Crippen molar-refractivity contribution in [3.8, 4) is 0 Å². The van der Waals surface area contributed by atoms with E-state index in [0.29, 0.717) is 21.9 Å². The van der Waals surface area contributed by atoms with Crippen LogP contribution in [0.15, 0.2) is 77.6 Å². The average Bonchev–Trinajstić information content (AvgIpc) is 2.73. The van der Waals surface area contributed by atoms with E-state index in [0.717, 1.165) is 11.1 Å². The number of carbonyl (C=O) groups excluding carboxylic acids is 1. The molecule has 0 aliphatic rings. The lowest BCUT2D eigenvalue weighted by atomic mass is 9.91. The summed E-state index contributed by atoms with van der Waals surface area (Å²) >= 11 is 0. The monoisotopic (exact) mass is 386 g/mol. The molecule has 0 radical (unpaired) electrons. The van der Waals surface area contributed by atoms with Gasteiger partial charge in [-0.3, -0.25) is 9.59 Å². The number of hydrogen-bond acceptors (Lipinski definition) is 3. The van der Waals surface area contributed by atoms with E-state index in [1.807, 2.05) is 48.5 Å². The van der Waals surface area contributed by atoms with Gasteiger partial charge in [-0.05, 0) is 49.7 Å². The van der Waals surface area contributed by atoms with Crippen molar-refractivity contribution >= 4 is 27.7 Å². The van der Waals surface area contributed by atoms with Gasteiger partial charge < -0.3 is 15.4 Å². The summed E-state index contributed by atoms with van der Waals surface area (Å²) in [5, 5.41) is 14.8. The third kappa shape index (κ3) is 3.52. The zero-order chi connectivity index (χ0) is 20.6. The lowest BCUT2D eigenvalue weighted by Crippen LogP contribution is -2.48. The largest absolute Gasteiger partial charge is 0.386 e. The zero-order valence-corrected chi connectivity index (χ0v) is 16.3. The first-order chi connectivity index (χ1) is 13.9. The quantitative estimate of drug-likeness (QED) is 0.465. The summed E-state index contributed by atoms with van der Waals surface area (Å²) in [6.45, 7) is 3.55. The molecule has 1 amide bonds. The summed E-state index contributed by atoms with van der Waals surface area (Å²) in [7, 11) is 0. The minimum Gasteiger partial charge on any atom is -0.386 e. The number of aliphatic hydroxyl groups excluding tert-OH is 1. The van der Waals surface area contributed by atoms with Crippen LogP contribution in [0.25, 0.3) is 21.8 Å². The standard InChI is InChI=1S/C24H22N2O3/c1-24(2,22(28)15-8-4-3-5-9-15)26-23(29)16-12-13-18-20(14-16)25-19-11-7-6-10-17(19)21(18)27/h3-14,22,28H,1-2H3,(H,25,27)(H,26,29). The van der Waals surface area contributed by atoms with E-state index in [1.165, 1.54) is 0 Å². The molecule has 29 heavy (non-hydrogen) atoms. The minimum atomic E-state index is -0.885. The van der Waals surface area contributed by atoms with E-state index in [4.69, 9.17) is 0 Å². The van der Waals surface area contributed by atoms with Gasteiger partial charge in [0, 0.05) is 21.9 Å². The van der Waals surface area contributed by atoms with Gasteiger partial charge in [0.2, 0.25) is 0 Å². The van der Waals surface area contributed by atoms with Gasteiger partial charge in [-0.15, -0.1) is 0 Å². The van der Waals surface area contributed by atoms with E-state index in [1.54, 1.807) is 38.1 Å². The van der Waals surface area contributed by atoms with Crippen LogP contribution >= 0.6 is 0 Å². The molecule has 0 aliphatic carbocycles. The number of aromatic amines is 1. The van der Waals surface area contributed by atoms with E-state index in [-0.39, 0.29) is 11.3 Å². The number of carbonyl (C=O) groups is 1. The van der Waals surface area contributed by atoms with Crippen molar-refractivity contribution in [1.29, 1.82) is 0 Å². The zero-order valence-electron chi connectivity index (χ0n) is 16.3. The smallest absolute Gasteiger partial charge is 0.251 e. The molecule has 1 atom stereocenters. The van der Waals surface area contributed by atoms with Gasteiger partial charge in [-0.25, -0.2) is 0 Å². The molecule has 0 fully saturated rings. The molecule has 0 bridgehead atoms. The Morgan fingerprint density at radius 1 is 0.931 bits per heavy atom. The van der Waals surface area contributed by atoms with Crippen molar-refractivity contribution < 1.29 is 9.90 Å². The number of hydrogen-bond donors (Lipinski definition) is 3. The van der Waals surface area contributed by atoms with Gasteiger partial charge in [0.05, 0.1) is 11.1 Å². The van der Waals surface area contributed by atoms with E-state index < -0.39 is 11.6 Å². The summed E-state index contributed by atoms with van der Waals surface area (Å²) in [5.41, 5.74) is 1.51. The number of H-pyrrole nitrogens is 1. The highest BCUT2D eigenvalue weighted by molar-refractivity contribution is 6.00. The number of rotatable bonds is 4. The van der Waals surface area contributed by atoms with Crippen LogP contribution in [0.5, 0.6) is 0 Å². The van der Waals surface area contributed by atoms with Crippen LogP contribution in [0.2, 0.25) is 0 Å². The molecule has 3 N–H and O–H groups in total. The fourth-order valence-corrected chi connectivity index (χ4v) is 3.55. The number of amides is 1. The summed E-state index contributed by atoms with van der Waals surface area (Å²) < 4.78 is 0. The Morgan fingerprint density at radius 3 is 2.34 bits per heavy atom. The van der Waals surface area contributed by atoms with Crippen molar-refractivity contribution in [2.75, 3.05) is 0 Å². The Bertz CT molecular complexity index is 1260. The number of pyridine rings is 1. The second-order valence-electron chi connectivity index (χ2n) is 7.75. The molecule has 5 nitrogen and oxygen atoms in total. The summed E-state index contributed by atoms with van der Waals surface area (Å²) in [5.74, 6) is -0.319. The highest BCUT2D eigenvalue weighted by Crippen LogP contribution is 2.26. The molecule has 0 saturated carbocycles. The van der Waals surface area contributed by atoms with Crippen molar-refractivity contribution in [2.45, 2.75) is 25.5 Å². The minimum absolute atomic E-state index is 0.0684. The fourth-order valence-electron chi connectivity index (χ4n) is 3.55. The van der Waals surface area contributed by atoms with Gasteiger partial charge in [0.1, 0.15) is 6.10 Å². The van der Waals surface area contributed by atoms with E-state index in [2.05, 4.69) is 10.3 Å². The molecule has 0 spiro atoms. The predicted octanol–water partition coefficient (Wildman–Crippen LogP) is 3.92. The molecule has 0 saturated heterocycles. The maximum absolute atomic E-state index is 12.9. The maximum Gasteiger partial charge on any atom is 0.251 e. The first kappa shape index (κ1) is 18.9. The maximum atomic E-state index is 12.9. The van der Waals surface area contributed by atoms with Gasteiger partial charge >= 0.3 is 0 Å². The van der Waals surface area contributed by atoms with Gasteiger partial charge in [0.25, 0.3) is 5.91 Å². The third-order valence-corrected chi connectivity index (χ3v) is 5.20. The van der Waals surface area contributed by atoms with E-state index >= 15 is 0 Å². The third-order valence-electron chi connectivity index (χ3n) is 5.20. The molecule has 0 aliphatic heterocycles. The Labute approximate surface area is 168 Å². The van der Waals surface area contributed by atoms with Crippen LogP contribution in [0.1, 0.15) is 35.9 Å². The Hall–Kier alpha value is -3.44. The number of para-hydroxylation sites is 1. The first-order valence-electron chi connectivity index (χ1n) is 9.47. The van der Waals surface area contributed by atoms with Crippen molar-refractivity contribution in [3.05, 3.63) is 94.1 Å². The molecule has 146 valence electrons. The van der Waals surface area contributed by atoms with Crippen molar-refractivity contribution in [1.82, 2.24) is 10.3 Å². The van der Waals surface area contributed by atoms with Crippen LogP contribution < -0.4 is 10.7 Å². The van der Waals surface area contributed by atoms with Crippen molar-refractivity contribution in [3.63, 3.8) is 0 Å². The Balaban J connectivity index is 1.66. The molecule has 4 rings (SSSR count). The molecule has 4 aromatic rings. The second kappa shape index (κ2) is 7.18. The van der Waals surface area contributed by atoms with Gasteiger partial charge in [0.15, 0.2) is 5.43 Å². The van der Waals surface area contributed by atoms with Gasteiger partial charge in [-0.2, -0.15) is 0 Å².